The highest BCUT2D eigenvalue weighted by Crippen LogP contribution is 2.24. The third-order valence-electron chi connectivity index (χ3n) is 3.27. The lowest BCUT2D eigenvalue weighted by molar-refractivity contribution is -0.385. The zero-order valence-electron chi connectivity index (χ0n) is 11.3. The van der Waals surface area contributed by atoms with E-state index in [0.29, 0.717) is 12.1 Å². The number of nitrogens with zero attached hydrogens (tertiary/aromatic N) is 1. The minimum atomic E-state index is -0.344. The summed E-state index contributed by atoms with van der Waals surface area (Å²) in [5.74, 6) is 0. The quantitative estimate of drug-likeness (QED) is 0.657. The van der Waals surface area contributed by atoms with Crippen LogP contribution >= 0.6 is 15.9 Å². The van der Waals surface area contributed by atoms with E-state index in [9.17, 15) is 10.1 Å². The van der Waals surface area contributed by atoms with Gasteiger partial charge in [0, 0.05) is 28.3 Å². The largest absolute Gasteiger partial charge is 0.381 e. The van der Waals surface area contributed by atoms with Crippen LogP contribution in [0.3, 0.4) is 0 Å². The predicted molar refractivity (Wildman–Crippen MR) is 84.0 cm³/mol. The van der Waals surface area contributed by atoms with Crippen LogP contribution in [0, 0.1) is 24.0 Å². The van der Waals surface area contributed by atoms with Gasteiger partial charge in [0.2, 0.25) is 0 Å². The number of hydrogen-bond donors (Lipinski definition) is 1. The molecule has 0 aromatic heterocycles. The molecule has 0 saturated carbocycles. The van der Waals surface area contributed by atoms with E-state index in [1.807, 2.05) is 31.2 Å². The van der Waals surface area contributed by atoms with Gasteiger partial charge in [-0.05, 0) is 43.2 Å². The van der Waals surface area contributed by atoms with E-state index in [4.69, 9.17) is 0 Å². The van der Waals surface area contributed by atoms with E-state index < -0.39 is 0 Å². The van der Waals surface area contributed by atoms with Gasteiger partial charge < -0.3 is 5.32 Å². The van der Waals surface area contributed by atoms with Crippen LogP contribution in [0.2, 0.25) is 0 Å². The maximum Gasteiger partial charge on any atom is 0.272 e. The van der Waals surface area contributed by atoms with Crippen LogP contribution in [0.5, 0.6) is 0 Å². The van der Waals surface area contributed by atoms with Gasteiger partial charge in [0.05, 0.1) is 4.92 Å². The highest BCUT2D eigenvalue weighted by Gasteiger charge is 2.12. The first kappa shape index (κ1) is 14.5. The SMILES string of the molecule is Cc1cc(Br)ccc1NCc1cccc([N+](=O)[O-])c1C. The molecule has 0 radical (unpaired) electrons. The fourth-order valence-electron chi connectivity index (χ4n) is 2.08. The Labute approximate surface area is 126 Å². The molecule has 1 N–H and O–H groups in total. The standard InChI is InChI=1S/C15H15BrN2O2/c1-10-8-13(16)6-7-14(10)17-9-12-4-3-5-15(11(12)2)18(19)20/h3-8,17H,9H2,1-2H3. The van der Waals surface area contributed by atoms with E-state index in [2.05, 4.69) is 21.2 Å². The molecule has 0 aliphatic carbocycles. The van der Waals surface area contributed by atoms with Gasteiger partial charge >= 0.3 is 0 Å². The molecule has 0 spiro atoms. The van der Waals surface area contributed by atoms with Crippen molar-refractivity contribution in [2.45, 2.75) is 20.4 Å². The summed E-state index contributed by atoms with van der Waals surface area (Å²) in [6.45, 7) is 4.37. The lowest BCUT2D eigenvalue weighted by Crippen LogP contribution is -2.04. The Balaban J connectivity index is 2.19. The fraction of sp³-hybridized carbons (Fsp3) is 0.200. The first-order valence-corrected chi connectivity index (χ1v) is 7.01. The van der Waals surface area contributed by atoms with Crippen molar-refractivity contribution in [3.05, 3.63) is 67.7 Å². The number of rotatable bonds is 4. The highest BCUT2D eigenvalue weighted by atomic mass is 79.9. The summed E-state index contributed by atoms with van der Waals surface area (Å²) in [5.41, 5.74) is 3.96. The summed E-state index contributed by atoms with van der Waals surface area (Å²) in [4.78, 5) is 10.6. The first-order valence-electron chi connectivity index (χ1n) is 6.22. The average Bonchev–Trinajstić information content (AvgIpc) is 2.39. The second-order valence-corrected chi connectivity index (χ2v) is 5.55. The van der Waals surface area contributed by atoms with Crippen LogP contribution < -0.4 is 5.32 Å². The van der Waals surface area contributed by atoms with E-state index in [0.717, 1.165) is 21.3 Å². The molecule has 0 bridgehead atoms. The van der Waals surface area contributed by atoms with Crippen molar-refractivity contribution in [1.82, 2.24) is 0 Å². The van der Waals surface area contributed by atoms with Gasteiger partial charge in [0.1, 0.15) is 0 Å². The maximum atomic E-state index is 10.9. The third-order valence-corrected chi connectivity index (χ3v) is 3.77. The molecule has 104 valence electrons. The number of nitro groups is 1. The second kappa shape index (κ2) is 6.05. The van der Waals surface area contributed by atoms with E-state index in [-0.39, 0.29) is 10.6 Å². The predicted octanol–water partition coefficient (Wildman–Crippen LogP) is 4.59. The molecule has 0 saturated heterocycles. The Morgan fingerprint density at radius 3 is 2.65 bits per heavy atom. The Morgan fingerprint density at radius 1 is 1.25 bits per heavy atom. The fourth-order valence-corrected chi connectivity index (χ4v) is 2.55. The molecule has 0 atom stereocenters. The summed E-state index contributed by atoms with van der Waals surface area (Å²) in [5, 5.41) is 14.2. The number of aryl methyl sites for hydroxylation is 1. The molecule has 0 unspecified atom stereocenters. The van der Waals surface area contributed by atoms with Gasteiger partial charge in [-0.2, -0.15) is 0 Å². The van der Waals surface area contributed by atoms with Gasteiger partial charge in [-0.1, -0.05) is 28.1 Å². The van der Waals surface area contributed by atoms with Crippen LogP contribution in [-0.4, -0.2) is 4.92 Å². The number of anilines is 1. The number of benzene rings is 2. The van der Waals surface area contributed by atoms with E-state index in [1.54, 1.807) is 13.0 Å². The summed E-state index contributed by atoms with van der Waals surface area (Å²) in [6, 6.07) is 11.1. The topological polar surface area (TPSA) is 55.2 Å². The van der Waals surface area contributed by atoms with Crippen molar-refractivity contribution in [3.8, 4) is 0 Å². The number of hydrogen-bond acceptors (Lipinski definition) is 3. The zero-order valence-corrected chi connectivity index (χ0v) is 12.9. The monoisotopic (exact) mass is 334 g/mol. The van der Waals surface area contributed by atoms with E-state index >= 15 is 0 Å². The summed E-state index contributed by atoms with van der Waals surface area (Å²) < 4.78 is 1.03. The van der Waals surface area contributed by atoms with Gasteiger partial charge in [-0.25, -0.2) is 0 Å². The molecule has 0 heterocycles. The van der Waals surface area contributed by atoms with Crippen LogP contribution in [0.1, 0.15) is 16.7 Å². The van der Waals surface area contributed by atoms with Crippen molar-refractivity contribution in [2.24, 2.45) is 0 Å². The Bertz CT molecular complexity index is 656. The molecule has 4 nitrogen and oxygen atoms in total. The number of nitrogens with one attached hydrogen (secondary N) is 1. The molecule has 0 aliphatic rings. The molecular formula is C15H15BrN2O2. The minimum Gasteiger partial charge on any atom is -0.381 e. The summed E-state index contributed by atoms with van der Waals surface area (Å²) in [7, 11) is 0. The van der Waals surface area contributed by atoms with Crippen LogP contribution in [0.25, 0.3) is 0 Å². The molecule has 5 heteroatoms. The molecule has 0 aliphatic heterocycles. The molecule has 0 amide bonds. The summed E-state index contributed by atoms with van der Waals surface area (Å²) >= 11 is 3.43. The lowest BCUT2D eigenvalue weighted by atomic mass is 10.1. The van der Waals surface area contributed by atoms with Crippen molar-refractivity contribution >= 4 is 27.3 Å². The minimum absolute atomic E-state index is 0.164. The van der Waals surface area contributed by atoms with Crippen molar-refractivity contribution < 1.29 is 4.92 Å². The molecule has 2 rings (SSSR count). The Kier molecular flexibility index (Phi) is 4.39. The smallest absolute Gasteiger partial charge is 0.272 e. The maximum absolute atomic E-state index is 10.9. The molecule has 0 fully saturated rings. The molecule has 20 heavy (non-hydrogen) atoms. The summed E-state index contributed by atoms with van der Waals surface area (Å²) in [6.07, 6.45) is 0. The zero-order chi connectivity index (χ0) is 14.7. The van der Waals surface area contributed by atoms with E-state index in [1.165, 1.54) is 6.07 Å². The van der Waals surface area contributed by atoms with Gasteiger partial charge in [0.15, 0.2) is 0 Å². The Morgan fingerprint density at radius 2 is 2.00 bits per heavy atom. The van der Waals surface area contributed by atoms with Crippen molar-refractivity contribution in [2.75, 3.05) is 5.32 Å². The van der Waals surface area contributed by atoms with Crippen LogP contribution in [0.4, 0.5) is 11.4 Å². The Hall–Kier alpha value is -1.88. The number of halogens is 1. The average molecular weight is 335 g/mol. The number of nitro benzene ring substituents is 1. The molecule has 2 aromatic carbocycles. The van der Waals surface area contributed by atoms with Crippen molar-refractivity contribution in [1.29, 1.82) is 0 Å². The lowest BCUT2D eigenvalue weighted by Gasteiger charge is -2.11. The van der Waals surface area contributed by atoms with Gasteiger partial charge in [-0.3, -0.25) is 10.1 Å². The van der Waals surface area contributed by atoms with Crippen LogP contribution in [-0.2, 0) is 6.54 Å². The normalized spacial score (nSPS) is 10.3. The van der Waals surface area contributed by atoms with Gasteiger partial charge in [-0.15, -0.1) is 0 Å². The van der Waals surface area contributed by atoms with Crippen LogP contribution in [0.15, 0.2) is 40.9 Å². The second-order valence-electron chi connectivity index (χ2n) is 4.63. The highest BCUT2D eigenvalue weighted by molar-refractivity contribution is 9.10. The first-order chi connectivity index (χ1) is 9.49. The molecule has 2 aromatic rings. The van der Waals surface area contributed by atoms with Crippen molar-refractivity contribution in [3.63, 3.8) is 0 Å². The van der Waals surface area contributed by atoms with Gasteiger partial charge in [0.25, 0.3) is 5.69 Å². The molecular weight excluding hydrogens is 320 g/mol. The third kappa shape index (κ3) is 3.17.